The molecular formula is C5H8O2. The Morgan fingerprint density at radius 3 is 2.86 bits per heavy atom. The van der Waals surface area contributed by atoms with Crippen molar-refractivity contribution in [1.29, 1.82) is 0 Å². The maximum Gasteiger partial charge on any atom is 0.142 e. The van der Waals surface area contributed by atoms with Crippen LogP contribution in [-0.4, -0.2) is 20.0 Å². The van der Waals surface area contributed by atoms with Crippen LogP contribution >= 0.6 is 0 Å². The lowest BCUT2D eigenvalue weighted by atomic mass is 10.5. The van der Waals surface area contributed by atoms with Gasteiger partial charge in [0, 0.05) is 7.11 Å². The van der Waals surface area contributed by atoms with E-state index in [1.165, 1.54) is 6.08 Å². The minimum absolute atomic E-state index is 0.513. The van der Waals surface area contributed by atoms with Gasteiger partial charge in [-0.2, -0.15) is 0 Å². The van der Waals surface area contributed by atoms with E-state index in [9.17, 15) is 4.79 Å². The van der Waals surface area contributed by atoms with Crippen molar-refractivity contribution >= 4 is 6.29 Å². The first-order valence-corrected chi connectivity index (χ1v) is 2.01. The van der Waals surface area contributed by atoms with E-state index in [4.69, 9.17) is 0 Å². The third-order valence-electron chi connectivity index (χ3n) is 0.478. The second kappa shape index (κ2) is 5.37. The highest BCUT2D eigenvalue weighted by atomic mass is 16.5. The monoisotopic (exact) mass is 100 g/mol. The van der Waals surface area contributed by atoms with Crippen LogP contribution in [0.3, 0.4) is 0 Å². The van der Waals surface area contributed by atoms with Gasteiger partial charge in [0.05, 0.1) is 6.61 Å². The van der Waals surface area contributed by atoms with Crippen LogP contribution in [0.2, 0.25) is 0 Å². The van der Waals surface area contributed by atoms with Crippen LogP contribution in [0.4, 0.5) is 0 Å². The molecule has 0 aromatic heterocycles. The molecule has 0 atom stereocenters. The molecule has 2 heteroatoms. The summed E-state index contributed by atoms with van der Waals surface area (Å²) in [6.45, 7) is 0.513. The van der Waals surface area contributed by atoms with Gasteiger partial charge in [0.15, 0.2) is 0 Å². The highest BCUT2D eigenvalue weighted by Crippen LogP contribution is 1.67. The Labute approximate surface area is 42.8 Å². The van der Waals surface area contributed by atoms with Crippen LogP contribution in [0.1, 0.15) is 0 Å². The molecule has 0 aliphatic carbocycles. The number of carbonyl (C=O) groups is 1. The predicted octanol–water partition coefficient (Wildman–Crippen LogP) is 0.388. The predicted molar refractivity (Wildman–Crippen MR) is 27.1 cm³/mol. The van der Waals surface area contributed by atoms with Crippen molar-refractivity contribution in [2.24, 2.45) is 0 Å². The molecule has 0 spiro atoms. The van der Waals surface area contributed by atoms with Gasteiger partial charge < -0.3 is 4.74 Å². The normalized spacial score (nSPS) is 9.86. The number of methoxy groups -OCH3 is 1. The molecule has 40 valence electrons. The molecule has 7 heavy (non-hydrogen) atoms. The minimum Gasteiger partial charge on any atom is -0.381 e. The van der Waals surface area contributed by atoms with E-state index in [1.54, 1.807) is 13.2 Å². The van der Waals surface area contributed by atoms with Gasteiger partial charge in [0.2, 0.25) is 0 Å². The Hall–Kier alpha value is -0.630. The Morgan fingerprint density at radius 2 is 2.43 bits per heavy atom. The molecule has 0 saturated heterocycles. The van der Waals surface area contributed by atoms with Gasteiger partial charge in [-0.05, 0) is 6.08 Å². The Kier molecular flexibility index (Phi) is 4.89. The second-order valence-electron chi connectivity index (χ2n) is 1.02. The molecule has 0 saturated carbocycles. The molecule has 0 rings (SSSR count). The first-order chi connectivity index (χ1) is 3.41. The van der Waals surface area contributed by atoms with Crippen molar-refractivity contribution in [2.75, 3.05) is 13.7 Å². The zero-order valence-corrected chi connectivity index (χ0v) is 4.26. The van der Waals surface area contributed by atoms with Gasteiger partial charge in [-0.25, -0.2) is 0 Å². The van der Waals surface area contributed by atoms with Gasteiger partial charge >= 0.3 is 0 Å². The van der Waals surface area contributed by atoms with E-state index in [-0.39, 0.29) is 0 Å². The van der Waals surface area contributed by atoms with Crippen molar-refractivity contribution in [3.05, 3.63) is 12.2 Å². The van der Waals surface area contributed by atoms with E-state index in [0.29, 0.717) is 6.61 Å². The highest BCUT2D eigenvalue weighted by molar-refractivity contribution is 5.64. The molecule has 0 heterocycles. The lowest BCUT2D eigenvalue weighted by Crippen LogP contribution is -1.79. The van der Waals surface area contributed by atoms with Gasteiger partial charge in [0.1, 0.15) is 6.29 Å². The molecule has 0 bridgehead atoms. The van der Waals surface area contributed by atoms with Crippen LogP contribution in [0.5, 0.6) is 0 Å². The lowest BCUT2D eigenvalue weighted by molar-refractivity contribution is -0.104. The van der Waals surface area contributed by atoms with E-state index in [1.807, 2.05) is 0 Å². The maximum absolute atomic E-state index is 9.54. The summed E-state index contributed by atoms with van der Waals surface area (Å²) >= 11 is 0. The number of hydrogen-bond acceptors (Lipinski definition) is 2. The number of ether oxygens (including phenoxy) is 1. The Balaban J connectivity index is 2.92. The molecule has 0 aliphatic rings. The number of carbonyl (C=O) groups excluding carboxylic acids is 1. The van der Waals surface area contributed by atoms with Crippen LogP contribution in [0, 0.1) is 0 Å². The SMILES string of the molecule is COCC=CC=O. The molecule has 0 amide bonds. The molecule has 0 aliphatic heterocycles. The van der Waals surface area contributed by atoms with Crippen molar-refractivity contribution in [3.8, 4) is 0 Å². The summed E-state index contributed by atoms with van der Waals surface area (Å²) in [5.41, 5.74) is 0. The molecule has 0 aromatic rings. The topological polar surface area (TPSA) is 26.3 Å². The smallest absolute Gasteiger partial charge is 0.142 e. The highest BCUT2D eigenvalue weighted by Gasteiger charge is 1.65. The first-order valence-electron chi connectivity index (χ1n) is 2.01. The molecule has 0 aromatic carbocycles. The summed E-state index contributed by atoms with van der Waals surface area (Å²) in [6.07, 6.45) is 3.77. The van der Waals surface area contributed by atoms with Gasteiger partial charge in [-0.15, -0.1) is 0 Å². The standard InChI is InChI=1S/C5H8O2/c1-7-5-3-2-4-6/h2-4H,5H2,1H3. The third-order valence-corrected chi connectivity index (χ3v) is 0.478. The molecule has 0 N–H and O–H groups in total. The van der Waals surface area contributed by atoms with Crippen molar-refractivity contribution in [1.82, 2.24) is 0 Å². The second-order valence-corrected chi connectivity index (χ2v) is 1.02. The van der Waals surface area contributed by atoms with E-state index >= 15 is 0 Å². The molecule has 0 fully saturated rings. The average molecular weight is 100 g/mol. The maximum atomic E-state index is 9.54. The first kappa shape index (κ1) is 6.37. The van der Waals surface area contributed by atoms with Crippen molar-refractivity contribution < 1.29 is 9.53 Å². The quantitative estimate of drug-likeness (QED) is 0.378. The zero-order chi connectivity index (χ0) is 5.54. The van der Waals surface area contributed by atoms with Crippen molar-refractivity contribution in [2.45, 2.75) is 0 Å². The van der Waals surface area contributed by atoms with Crippen LogP contribution in [0.25, 0.3) is 0 Å². The van der Waals surface area contributed by atoms with Gasteiger partial charge in [-0.3, -0.25) is 4.79 Å². The fourth-order valence-corrected chi connectivity index (χ4v) is 0.207. The van der Waals surface area contributed by atoms with Crippen LogP contribution in [0.15, 0.2) is 12.2 Å². The number of aldehydes is 1. The van der Waals surface area contributed by atoms with Crippen molar-refractivity contribution in [3.63, 3.8) is 0 Å². The Bertz CT molecular complexity index is 66.5. The van der Waals surface area contributed by atoms with E-state index in [0.717, 1.165) is 6.29 Å². The molecule has 0 radical (unpaired) electrons. The fourth-order valence-electron chi connectivity index (χ4n) is 0.207. The molecular weight excluding hydrogens is 92.1 g/mol. The summed E-state index contributed by atoms with van der Waals surface area (Å²) in [4.78, 5) is 9.54. The summed E-state index contributed by atoms with van der Waals surface area (Å²) in [5, 5.41) is 0. The summed E-state index contributed by atoms with van der Waals surface area (Å²) in [5.74, 6) is 0. The summed E-state index contributed by atoms with van der Waals surface area (Å²) in [7, 11) is 1.58. The summed E-state index contributed by atoms with van der Waals surface area (Å²) < 4.78 is 4.60. The fraction of sp³-hybridized carbons (Fsp3) is 0.400. The van der Waals surface area contributed by atoms with Crippen LogP contribution < -0.4 is 0 Å². The Morgan fingerprint density at radius 1 is 1.71 bits per heavy atom. The minimum atomic E-state index is 0.513. The molecule has 2 nitrogen and oxygen atoms in total. The number of allylic oxidation sites excluding steroid dienone is 1. The third kappa shape index (κ3) is 5.37. The number of hydrogen-bond donors (Lipinski definition) is 0. The zero-order valence-electron chi connectivity index (χ0n) is 4.26. The van der Waals surface area contributed by atoms with E-state index in [2.05, 4.69) is 4.74 Å². The van der Waals surface area contributed by atoms with Crippen LogP contribution in [-0.2, 0) is 9.53 Å². The summed E-state index contributed by atoms with van der Waals surface area (Å²) in [6, 6.07) is 0. The lowest BCUT2D eigenvalue weighted by Gasteiger charge is -1.81. The number of rotatable bonds is 3. The largest absolute Gasteiger partial charge is 0.381 e. The van der Waals surface area contributed by atoms with Gasteiger partial charge in [-0.1, -0.05) is 6.08 Å². The van der Waals surface area contributed by atoms with E-state index < -0.39 is 0 Å². The average Bonchev–Trinajstić information content (AvgIpc) is 1.69. The van der Waals surface area contributed by atoms with Gasteiger partial charge in [0.25, 0.3) is 0 Å². The molecule has 0 unspecified atom stereocenters.